The molecule has 0 aliphatic heterocycles. The van der Waals surface area contributed by atoms with Crippen LogP contribution < -0.4 is 5.73 Å². The first-order valence-corrected chi connectivity index (χ1v) is 6.89. The molecule has 0 atom stereocenters. The van der Waals surface area contributed by atoms with E-state index in [-0.39, 0.29) is 0 Å². The van der Waals surface area contributed by atoms with Crippen LogP contribution in [0.1, 0.15) is 11.1 Å². The zero-order chi connectivity index (χ0) is 14.8. The quantitative estimate of drug-likeness (QED) is 0.755. The van der Waals surface area contributed by atoms with Crippen LogP contribution in [0.25, 0.3) is 11.4 Å². The average Bonchev–Trinajstić information content (AvgIpc) is 2.89. The van der Waals surface area contributed by atoms with Crippen molar-refractivity contribution in [1.29, 1.82) is 0 Å². The summed E-state index contributed by atoms with van der Waals surface area (Å²) in [5.41, 5.74) is 9.71. The SMILES string of the molecule is Cc1ccccc1Cn1nnnc1-c1ccc(Cl)cc1N. The number of anilines is 1. The number of benzene rings is 2. The molecule has 1 heterocycles. The first-order valence-electron chi connectivity index (χ1n) is 6.51. The Morgan fingerprint density at radius 3 is 2.76 bits per heavy atom. The Bertz CT molecular complexity index is 781. The summed E-state index contributed by atoms with van der Waals surface area (Å²) in [6.07, 6.45) is 0. The van der Waals surface area contributed by atoms with Gasteiger partial charge in [-0.05, 0) is 46.7 Å². The number of nitrogens with zero attached hydrogens (tertiary/aromatic N) is 4. The van der Waals surface area contributed by atoms with E-state index in [1.807, 2.05) is 18.2 Å². The molecular weight excluding hydrogens is 286 g/mol. The lowest BCUT2D eigenvalue weighted by Gasteiger charge is -2.09. The Balaban J connectivity index is 2.00. The van der Waals surface area contributed by atoms with E-state index in [0.717, 1.165) is 5.56 Å². The summed E-state index contributed by atoms with van der Waals surface area (Å²) in [5.74, 6) is 0.632. The van der Waals surface area contributed by atoms with Crippen molar-refractivity contribution in [2.24, 2.45) is 0 Å². The molecule has 0 saturated carbocycles. The van der Waals surface area contributed by atoms with Gasteiger partial charge in [0.1, 0.15) is 0 Å². The second-order valence-corrected chi connectivity index (χ2v) is 5.25. The molecule has 6 heteroatoms. The zero-order valence-electron chi connectivity index (χ0n) is 11.5. The van der Waals surface area contributed by atoms with Crippen LogP contribution in [0.2, 0.25) is 5.02 Å². The van der Waals surface area contributed by atoms with E-state index in [1.54, 1.807) is 16.8 Å². The molecule has 3 aromatic rings. The lowest BCUT2D eigenvalue weighted by Crippen LogP contribution is -2.06. The predicted molar refractivity (Wildman–Crippen MR) is 83.0 cm³/mol. The van der Waals surface area contributed by atoms with Crippen LogP contribution in [0.4, 0.5) is 5.69 Å². The van der Waals surface area contributed by atoms with Crippen LogP contribution >= 0.6 is 11.6 Å². The highest BCUT2D eigenvalue weighted by atomic mass is 35.5. The maximum atomic E-state index is 6.01. The van der Waals surface area contributed by atoms with Crippen molar-refractivity contribution in [2.45, 2.75) is 13.5 Å². The van der Waals surface area contributed by atoms with Gasteiger partial charge in [0.15, 0.2) is 5.82 Å². The van der Waals surface area contributed by atoms with Gasteiger partial charge in [-0.3, -0.25) is 0 Å². The monoisotopic (exact) mass is 299 g/mol. The number of hydrogen-bond donors (Lipinski definition) is 1. The van der Waals surface area contributed by atoms with Crippen LogP contribution in [0.5, 0.6) is 0 Å². The summed E-state index contributed by atoms with van der Waals surface area (Å²) in [5, 5.41) is 12.5. The van der Waals surface area contributed by atoms with E-state index in [9.17, 15) is 0 Å². The molecule has 0 fully saturated rings. The molecule has 0 spiro atoms. The predicted octanol–water partition coefficient (Wildman–Crippen LogP) is 2.93. The highest BCUT2D eigenvalue weighted by molar-refractivity contribution is 6.31. The molecule has 0 radical (unpaired) electrons. The van der Waals surface area contributed by atoms with Gasteiger partial charge in [-0.25, -0.2) is 4.68 Å². The second-order valence-electron chi connectivity index (χ2n) is 4.82. The first kappa shape index (κ1) is 13.6. The zero-order valence-corrected chi connectivity index (χ0v) is 12.2. The third-order valence-corrected chi connectivity index (χ3v) is 3.60. The van der Waals surface area contributed by atoms with Gasteiger partial charge >= 0.3 is 0 Å². The Hall–Kier alpha value is -2.40. The number of hydrogen-bond acceptors (Lipinski definition) is 4. The van der Waals surface area contributed by atoms with Gasteiger partial charge in [-0.2, -0.15) is 0 Å². The van der Waals surface area contributed by atoms with Crippen molar-refractivity contribution in [1.82, 2.24) is 20.2 Å². The van der Waals surface area contributed by atoms with Gasteiger partial charge in [0.2, 0.25) is 0 Å². The summed E-state index contributed by atoms with van der Waals surface area (Å²) < 4.78 is 1.74. The van der Waals surface area contributed by atoms with Gasteiger partial charge in [0, 0.05) is 16.3 Å². The fourth-order valence-corrected chi connectivity index (χ4v) is 2.37. The van der Waals surface area contributed by atoms with Crippen molar-refractivity contribution < 1.29 is 0 Å². The normalized spacial score (nSPS) is 10.8. The minimum Gasteiger partial charge on any atom is -0.398 e. The van der Waals surface area contributed by atoms with Gasteiger partial charge in [0.05, 0.1) is 6.54 Å². The lowest BCUT2D eigenvalue weighted by atomic mass is 10.1. The Morgan fingerprint density at radius 1 is 1.19 bits per heavy atom. The first-order chi connectivity index (χ1) is 10.1. The molecule has 0 aliphatic rings. The van der Waals surface area contributed by atoms with Crippen molar-refractivity contribution in [3.05, 3.63) is 58.6 Å². The summed E-state index contributed by atoms with van der Waals surface area (Å²) in [6, 6.07) is 13.4. The lowest BCUT2D eigenvalue weighted by molar-refractivity contribution is 0.651. The number of nitrogens with two attached hydrogens (primary N) is 1. The maximum Gasteiger partial charge on any atom is 0.184 e. The van der Waals surface area contributed by atoms with E-state index >= 15 is 0 Å². The van der Waals surface area contributed by atoms with E-state index in [0.29, 0.717) is 23.1 Å². The van der Waals surface area contributed by atoms with Crippen LogP contribution in [0.3, 0.4) is 0 Å². The van der Waals surface area contributed by atoms with Gasteiger partial charge in [-0.15, -0.1) is 5.10 Å². The minimum absolute atomic E-state index is 0.559. The molecular formula is C15H14ClN5. The standard InChI is InChI=1S/C15H14ClN5/c1-10-4-2-3-5-11(10)9-21-15(18-19-20-21)13-7-6-12(16)8-14(13)17/h2-8H,9,17H2,1H3. The number of nitrogen functional groups attached to an aromatic ring is 1. The largest absolute Gasteiger partial charge is 0.398 e. The molecule has 2 N–H and O–H groups in total. The Kier molecular flexibility index (Phi) is 3.58. The summed E-state index contributed by atoms with van der Waals surface area (Å²) >= 11 is 5.93. The number of rotatable bonds is 3. The summed E-state index contributed by atoms with van der Waals surface area (Å²) in [6.45, 7) is 2.66. The highest BCUT2D eigenvalue weighted by Gasteiger charge is 2.13. The van der Waals surface area contributed by atoms with Crippen molar-refractivity contribution in [3.63, 3.8) is 0 Å². The average molecular weight is 300 g/mol. The van der Waals surface area contributed by atoms with Gasteiger partial charge in [0.25, 0.3) is 0 Å². The van der Waals surface area contributed by atoms with E-state index in [1.165, 1.54) is 11.1 Å². The van der Waals surface area contributed by atoms with Crippen LogP contribution in [0, 0.1) is 6.92 Å². The number of tetrazole rings is 1. The Morgan fingerprint density at radius 2 is 2.00 bits per heavy atom. The van der Waals surface area contributed by atoms with Crippen LogP contribution in [0.15, 0.2) is 42.5 Å². The van der Waals surface area contributed by atoms with E-state index in [2.05, 4.69) is 34.6 Å². The van der Waals surface area contributed by atoms with Gasteiger partial charge in [-0.1, -0.05) is 35.9 Å². The van der Waals surface area contributed by atoms with E-state index < -0.39 is 0 Å². The fraction of sp³-hybridized carbons (Fsp3) is 0.133. The van der Waals surface area contributed by atoms with Crippen molar-refractivity contribution in [2.75, 3.05) is 5.73 Å². The van der Waals surface area contributed by atoms with Gasteiger partial charge < -0.3 is 5.73 Å². The van der Waals surface area contributed by atoms with Crippen molar-refractivity contribution >= 4 is 17.3 Å². The molecule has 0 amide bonds. The molecule has 3 rings (SSSR count). The third-order valence-electron chi connectivity index (χ3n) is 3.37. The van der Waals surface area contributed by atoms with Crippen molar-refractivity contribution in [3.8, 4) is 11.4 Å². The smallest absolute Gasteiger partial charge is 0.184 e. The molecule has 106 valence electrons. The molecule has 2 aromatic carbocycles. The minimum atomic E-state index is 0.559. The second kappa shape index (κ2) is 5.54. The molecule has 21 heavy (non-hydrogen) atoms. The molecule has 0 bridgehead atoms. The summed E-state index contributed by atoms with van der Waals surface area (Å²) in [4.78, 5) is 0. The summed E-state index contributed by atoms with van der Waals surface area (Å²) in [7, 11) is 0. The molecule has 0 unspecified atom stereocenters. The number of aryl methyl sites for hydroxylation is 1. The molecule has 1 aromatic heterocycles. The molecule has 5 nitrogen and oxygen atoms in total. The maximum absolute atomic E-state index is 6.01. The van der Waals surface area contributed by atoms with E-state index in [4.69, 9.17) is 17.3 Å². The van der Waals surface area contributed by atoms with Crippen LogP contribution in [-0.4, -0.2) is 20.2 Å². The fourth-order valence-electron chi connectivity index (χ4n) is 2.19. The van der Waals surface area contributed by atoms with Crippen LogP contribution in [-0.2, 0) is 6.54 Å². The number of halogens is 1. The molecule has 0 aliphatic carbocycles. The third kappa shape index (κ3) is 2.73. The number of aromatic nitrogens is 4. The topological polar surface area (TPSA) is 69.6 Å². The highest BCUT2D eigenvalue weighted by Crippen LogP contribution is 2.26. The Labute approximate surface area is 127 Å². The molecule has 0 saturated heterocycles.